The molecule has 1 unspecified atom stereocenters. The molecule has 0 saturated carbocycles. The monoisotopic (exact) mass is 596 g/mol. The summed E-state index contributed by atoms with van der Waals surface area (Å²) in [5.41, 5.74) is 0. The maximum Gasteiger partial charge on any atom is 0.403 e. The summed E-state index contributed by atoms with van der Waals surface area (Å²) >= 11 is 0. The van der Waals surface area contributed by atoms with Gasteiger partial charge in [0.1, 0.15) is 0 Å². The van der Waals surface area contributed by atoms with E-state index < -0.39 is 30.6 Å². The van der Waals surface area contributed by atoms with Crippen molar-refractivity contribution in [1.29, 1.82) is 0 Å². The highest BCUT2D eigenvalue weighted by atomic mass is 16.8. The molecule has 246 valence electrons. The summed E-state index contributed by atoms with van der Waals surface area (Å²) in [5, 5.41) is 29.8. The molecule has 0 aliphatic rings. The molecule has 0 aromatic heterocycles. The molecule has 0 aromatic rings. The fraction of sp³-hybridized carbons (Fsp3) is 0.829. The highest BCUT2D eigenvalue weighted by Crippen LogP contribution is 2.20. The molecule has 0 aliphatic heterocycles. The van der Waals surface area contributed by atoms with E-state index in [0.717, 1.165) is 77.0 Å². The van der Waals surface area contributed by atoms with Crippen LogP contribution in [0.15, 0.2) is 24.3 Å². The van der Waals surface area contributed by atoms with Gasteiger partial charge in [0.2, 0.25) is 0 Å². The zero-order valence-corrected chi connectivity index (χ0v) is 27.0. The second-order valence-electron chi connectivity index (χ2n) is 11.5. The molecule has 42 heavy (non-hydrogen) atoms. The Morgan fingerprint density at radius 1 is 0.571 bits per heavy atom. The maximum absolute atomic E-state index is 12.3. The van der Waals surface area contributed by atoms with Crippen LogP contribution in [0.1, 0.15) is 168 Å². The van der Waals surface area contributed by atoms with E-state index >= 15 is 0 Å². The highest BCUT2D eigenvalue weighted by molar-refractivity contribution is 5.71. The van der Waals surface area contributed by atoms with Crippen LogP contribution in [0.4, 0.5) is 0 Å². The molecule has 0 aliphatic carbocycles. The number of ether oxygens (including phenoxy) is 2. The topological polar surface area (TPSA) is 113 Å². The molecule has 0 saturated heterocycles. The van der Waals surface area contributed by atoms with Crippen molar-refractivity contribution in [1.82, 2.24) is 0 Å². The van der Waals surface area contributed by atoms with Gasteiger partial charge in [-0.1, -0.05) is 115 Å². The third-order valence-electron chi connectivity index (χ3n) is 7.40. The molecule has 7 nitrogen and oxygen atoms in total. The summed E-state index contributed by atoms with van der Waals surface area (Å²) in [6, 6.07) is 0. The SMILES string of the molecule is CCCCCC/C=C\CCCCCCCC(=O)OC(O)(OC(=O)CCCCCCC/C=C\CCCCCC)C(O)CO. The second-order valence-corrected chi connectivity index (χ2v) is 11.5. The molecule has 0 fully saturated rings. The predicted molar refractivity (Wildman–Crippen MR) is 171 cm³/mol. The van der Waals surface area contributed by atoms with Crippen molar-refractivity contribution in [3.63, 3.8) is 0 Å². The molecule has 3 N–H and O–H groups in total. The summed E-state index contributed by atoms with van der Waals surface area (Å²) in [6.45, 7) is 3.52. The van der Waals surface area contributed by atoms with Crippen molar-refractivity contribution in [2.45, 2.75) is 180 Å². The van der Waals surface area contributed by atoms with E-state index in [1.165, 1.54) is 51.4 Å². The van der Waals surface area contributed by atoms with Crippen molar-refractivity contribution >= 4 is 11.9 Å². The van der Waals surface area contributed by atoms with Gasteiger partial charge < -0.3 is 24.8 Å². The number of carbonyl (C=O) groups excluding carboxylic acids is 2. The van der Waals surface area contributed by atoms with E-state index in [0.29, 0.717) is 12.8 Å². The molecule has 0 amide bonds. The van der Waals surface area contributed by atoms with Crippen molar-refractivity contribution in [3.8, 4) is 0 Å². The lowest BCUT2D eigenvalue weighted by Gasteiger charge is -2.30. The van der Waals surface area contributed by atoms with E-state index in [1.807, 2.05) is 0 Å². The molecule has 0 spiro atoms. The summed E-state index contributed by atoms with van der Waals surface area (Å²) in [6.07, 6.45) is 31.1. The zero-order chi connectivity index (χ0) is 31.2. The Morgan fingerprint density at radius 3 is 1.21 bits per heavy atom. The third-order valence-corrected chi connectivity index (χ3v) is 7.40. The minimum absolute atomic E-state index is 0.0315. The van der Waals surface area contributed by atoms with Crippen LogP contribution in [-0.4, -0.2) is 45.9 Å². The summed E-state index contributed by atoms with van der Waals surface area (Å²) in [5.74, 6) is -4.44. The van der Waals surface area contributed by atoms with Crippen molar-refractivity contribution in [3.05, 3.63) is 24.3 Å². The van der Waals surface area contributed by atoms with Gasteiger partial charge in [0, 0.05) is 12.8 Å². The lowest BCUT2D eigenvalue weighted by Crippen LogP contribution is -2.51. The summed E-state index contributed by atoms with van der Waals surface area (Å²) in [4.78, 5) is 24.5. The van der Waals surface area contributed by atoms with Crippen LogP contribution < -0.4 is 0 Å². The normalized spacial score (nSPS) is 12.8. The summed E-state index contributed by atoms with van der Waals surface area (Å²) in [7, 11) is 0. The molecule has 7 heteroatoms. The van der Waals surface area contributed by atoms with Crippen LogP contribution in [0.25, 0.3) is 0 Å². The van der Waals surface area contributed by atoms with E-state index in [1.54, 1.807) is 0 Å². The molecule has 0 bridgehead atoms. The first-order valence-electron chi connectivity index (χ1n) is 17.1. The first-order chi connectivity index (χ1) is 20.4. The first-order valence-corrected chi connectivity index (χ1v) is 17.1. The first kappa shape index (κ1) is 40.3. The number of unbranched alkanes of at least 4 members (excludes halogenated alkanes) is 18. The fourth-order valence-corrected chi connectivity index (χ4v) is 4.67. The summed E-state index contributed by atoms with van der Waals surface area (Å²) < 4.78 is 9.87. The average molecular weight is 597 g/mol. The van der Waals surface area contributed by atoms with Gasteiger partial charge in [-0.15, -0.1) is 0 Å². The minimum atomic E-state index is -2.88. The molecular formula is C35H64O7. The van der Waals surface area contributed by atoms with Gasteiger partial charge in [0.15, 0.2) is 6.10 Å². The van der Waals surface area contributed by atoms with Gasteiger partial charge in [-0.3, -0.25) is 9.59 Å². The highest BCUT2D eigenvalue weighted by Gasteiger charge is 2.44. The van der Waals surface area contributed by atoms with Gasteiger partial charge in [-0.25, -0.2) is 0 Å². The van der Waals surface area contributed by atoms with Gasteiger partial charge in [-0.2, -0.15) is 0 Å². The number of hydrogen-bond acceptors (Lipinski definition) is 7. The lowest BCUT2D eigenvalue weighted by molar-refractivity contribution is -0.364. The van der Waals surface area contributed by atoms with Crippen LogP contribution in [-0.2, 0) is 19.1 Å². The van der Waals surface area contributed by atoms with Gasteiger partial charge in [-0.05, 0) is 64.2 Å². The number of aliphatic hydroxyl groups excluding tert-OH is 2. The van der Waals surface area contributed by atoms with Crippen LogP contribution in [0.5, 0.6) is 0 Å². The molecule has 0 radical (unpaired) electrons. The van der Waals surface area contributed by atoms with Crippen molar-refractivity contribution in [2.24, 2.45) is 0 Å². The third kappa shape index (κ3) is 24.9. The Balaban J connectivity index is 4.03. The van der Waals surface area contributed by atoms with Gasteiger partial charge >= 0.3 is 17.9 Å². The minimum Gasteiger partial charge on any atom is -0.396 e. The zero-order valence-electron chi connectivity index (χ0n) is 27.0. The Labute approximate surface area is 257 Å². The molecule has 0 rings (SSSR count). The van der Waals surface area contributed by atoms with Crippen molar-refractivity contribution in [2.75, 3.05) is 6.61 Å². The number of hydrogen-bond donors (Lipinski definition) is 3. The van der Waals surface area contributed by atoms with E-state index in [2.05, 4.69) is 38.2 Å². The molecule has 0 aromatic carbocycles. The molecular weight excluding hydrogens is 532 g/mol. The Bertz CT molecular complexity index is 639. The smallest absolute Gasteiger partial charge is 0.396 e. The largest absolute Gasteiger partial charge is 0.403 e. The predicted octanol–water partition coefficient (Wildman–Crippen LogP) is 8.59. The van der Waals surface area contributed by atoms with Crippen LogP contribution >= 0.6 is 0 Å². The van der Waals surface area contributed by atoms with Crippen LogP contribution in [0.2, 0.25) is 0 Å². The number of aliphatic hydroxyl groups is 3. The average Bonchev–Trinajstić information content (AvgIpc) is 2.97. The Hall–Kier alpha value is -1.70. The van der Waals surface area contributed by atoms with Crippen molar-refractivity contribution < 1.29 is 34.4 Å². The fourth-order valence-electron chi connectivity index (χ4n) is 4.67. The van der Waals surface area contributed by atoms with Gasteiger partial charge in [0.05, 0.1) is 6.61 Å². The van der Waals surface area contributed by atoms with Gasteiger partial charge in [0.25, 0.3) is 0 Å². The quantitative estimate of drug-likeness (QED) is 0.0329. The maximum atomic E-state index is 12.3. The lowest BCUT2D eigenvalue weighted by atomic mass is 10.1. The number of carbonyl (C=O) groups is 2. The van der Waals surface area contributed by atoms with Crippen LogP contribution in [0.3, 0.4) is 0 Å². The number of allylic oxidation sites excluding steroid dienone is 4. The van der Waals surface area contributed by atoms with E-state index in [-0.39, 0.29) is 12.8 Å². The second kappa shape index (κ2) is 29.4. The molecule has 1 atom stereocenters. The Morgan fingerprint density at radius 2 is 0.881 bits per heavy atom. The number of rotatable bonds is 30. The van der Waals surface area contributed by atoms with Crippen LogP contribution in [0, 0.1) is 0 Å². The standard InChI is InChI=1S/C35H64O7/c1-3-5-7-9-11-13-15-17-19-21-23-25-27-29-33(38)41-35(40,32(37)31-36)42-34(39)30-28-26-24-22-20-18-16-14-12-10-8-6-4-2/h13-16,32,36-37,40H,3-12,17-31H2,1-2H3/b15-13-,16-14-. The number of esters is 2. The van der Waals surface area contributed by atoms with E-state index in [4.69, 9.17) is 9.47 Å². The molecule has 0 heterocycles. The Kier molecular flexibility index (Phi) is 28.2. The van der Waals surface area contributed by atoms with E-state index in [9.17, 15) is 24.9 Å².